The molecule has 0 saturated heterocycles. The number of carbonyl (C=O) groups is 1. The second-order valence-corrected chi connectivity index (χ2v) is 4.38. The molecule has 0 radical (unpaired) electrons. The smallest absolute Gasteiger partial charge is 0.306 e. The van der Waals surface area contributed by atoms with Gasteiger partial charge in [0.2, 0.25) is 0 Å². The van der Waals surface area contributed by atoms with Crippen LogP contribution in [0.25, 0.3) is 0 Å². The summed E-state index contributed by atoms with van der Waals surface area (Å²) in [5.74, 6) is -0.702. The third-order valence-corrected chi connectivity index (χ3v) is 2.89. The Labute approximate surface area is 94.1 Å². The summed E-state index contributed by atoms with van der Waals surface area (Å²) >= 11 is 0. The Morgan fingerprint density at radius 3 is 2.07 bits per heavy atom. The Morgan fingerprint density at radius 2 is 1.53 bits per heavy atom. The van der Waals surface area contributed by atoms with Gasteiger partial charge in [0.15, 0.2) is 0 Å². The maximum absolute atomic E-state index is 10.9. The molecule has 0 aliphatic heterocycles. The van der Waals surface area contributed by atoms with Gasteiger partial charge in [0.05, 0.1) is 5.92 Å². The lowest BCUT2D eigenvalue weighted by Gasteiger charge is -2.10. The van der Waals surface area contributed by atoms with E-state index in [4.69, 9.17) is 5.11 Å². The van der Waals surface area contributed by atoms with Gasteiger partial charge in [0, 0.05) is 0 Å². The van der Waals surface area contributed by atoms with Crippen molar-refractivity contribution < 1.29 is 9.90 Å². The van der Waals surface area contributed by atoms with Crippen molar-refractivity contribution in [2.24, 2.45) is 5.92 Å². The molecular formula is C13H26O2. The van der Waals surface area contributed by atoms with Crippen LogP contribution in [0.3, 0.4) is 0 Å². The van der Waals surface area contributed by atoms with Gasteiger partial charge in [0.25, 0.3) is 0 Å². The summed E-state index contributed by atoms with van der Waals surface area (Å²) in [5.41, 5.74) is 0. The van der Waals surface area contributed by atoms with E-state index in [0.717, 1.165) is 25.7 Å². The van der Waals surface area contributed by atoms with Gasteiger partial charge in [-0.2, -0.15) is 0 Å². The van der Waals surface area contributed by atoms with E-state index in [2.05, 4.69) is 13.8 Å². The van der Waals surface area contributed by atoms with Crippen molar-refractivity contribution in [1.82, 2.24) is 0 Å². The molecule has 0 spiro atoms. The van der Waals surface area contributed by atoms with Gasteiger partial charge in [-0.3, -0.25) is 4.79 Å². The molecule has 0 rings (SSSR count). The lowest BCUT2D eigenvalue weighted by molar-refractivity contribution is -0.142. The summed E-state index contributed by atoms with van der Waals surface area (Å²) in [6, 6.07) is 0. The van der Waals surface area contributed by atoms with Crippen LogP contribution in [-0.4, -0.2) is 11.1 Å². The van der Waals surface area contributed by atoms with Crippen molar-refractivity contribution in [2.75, 3.05) is 0 Å². The maximum Gasteiger partial charge on any atom is 0.306 e. The molecule has 0 heterocycles. The van der Waals surface area contributed by atoms with Gasteiger partial charge in [-0.25, -0.2) is 0 Å². The van der Waals surface area contributed by atoms with Crippen LogP contribution in [-0.2, 0) is 4.79 Å². The minimum absolute atomic E-state index is 0.0961. The Bertz CT molecular complexity index is 155. The number of carboxylic acids is 1. The molecule has 0 saturated carbocycles. The first-order valence-electron chi connectivity index (χ1n) is 6.45. The summed E-state index contributed by atoms with van der Waals surface area (Å²) in [5, 5.41) is 8.95. The Balaban J connectivity index is 3.41. The van der Waals surface area contributed by atoms with E-state index in [1.165, 1.54) is 32.1 Å². The van der Waals surface area contributed by atoms with Crippen molar-refractivity contribution in [3.8, 4) is 0 Å². The molecule has 90 valence electrons. The van der Waals surface area contributed by atoms with Crippen LogP contribution in [0.4, 0.5) is 0 Å². The standard InChI is InChI=1S/C13H26O2/c1-3-5-6-7-8-9-11-12(10-4-2)13(14)15/h12H,3-11H2,1-2H3,(H,14,15)/t12-/m1/s1. The molecule has 0 aliphatic rings. The van der Waals surface area contributed by atoms with Crippen molar-refractivity contribution in [3.63, 3.8) is 0 Å². The number of hydrogen-bond acceptors (Lipinski definition) is 1. The first-order chi connectivity index (χ1) is 7.22. The lowest BCUT2D eigenvalue weighted by atomic mass is 9.96. The number of hydrogen-bond donors (Lipinski definition) is 1. The molecule has 2 heteroatoms. The highest BCUT2D eigenvalue weighted by Crippen LogP contribution is 2.16. The van der Waals surface area contributed by atoms with Crippen LogP contribution in [0.1, 0.15) is 71.6 Å². The zero-order chi connectivity index (χ0) is 11.5. The minimum atomic E-state index is -0.606. The summed E-state index contributed by atoms with van der Waals surface area (Å²) in [4.78, 5) is 10.9. The highest BCUT2D eigenvalue weighted by atomic mass is 16.4. The second-order valence-electron chi connectivity index (χ2n) is 4.38. The second kappa shape index (κ2) is 10.0. The summed E-state index contributed by atoms with van der Waals surface area (Å²) in [6.07, 6.45) is 10.1. The summed E-state index contributed by atoms with van der Waals surface area (Å²) < 4.78 is 0. The van der Waals surface area contributed by atoms with Gasteiger partial charge in [-0.1, -0.05) is 58.8 Å². The number of carboxylic acid groups (broad SMARTS) is 1. The SMILES string of the molecule is CCCCCCCC[C@@H](CCC)C(=O)O. The largest absolute Gasteiger partial charge is 0.481 e. The third-order valence-electron chi connectivity index (χ3n) is 2.89. The fraction of sp³-hybridized carbons (Fsp3) is 0.923. The molecule has 1 N–H and O–H groups in total. The third kappa shape index (κ3) is 8.46. The van der Waals surface area contributed by atoms with Crippen LogP contribution < -0.4 is 0 Å². The molecule has 0 aromatic carbocycles. The van der Waals surface area contributed by atoms with Crippen LogP contribution >= 0.6 is 0 Å². The minimum Gasteiger partial charge on any atom is -0.481 e. The normalized spacial score (nSPS) is 12.7. The van der Waals surface area contributed by atoms with Gasteiger partial charge in [-0.15, -0.1) is 0 Å². The zero-order valence-corrected chi connectivity index (χ0v) is 10.3. The first-order valence-corrected chi connectivity index (χ1v) is 6.45. The molecule has 0 aromatic rings. The molecule has 0 unspecified atom stereocenters. The fourth-order valence-electron chi connectivity index (χ4n) is 1.91. The van der Waals surface area contributed by atoms with Gasteiger partial charge in [-0.05, 0) is 12.8 Å². The fourth-order valence-corrected chi connectivity index (χ4v) is 1.91. The molecule has 0 aliphatic carbocycles. The van der Waals surface area contributed by atoms with Crippen molar-refractivity contribution in [3.05, 3.63) is 0 Å². The van der Waals surface area contributed by atoms with Gasteiger partial charge >= 0.3 is 5.97 Å². The van der Waals surface area contributed by atoms with E-state index >= 15 is 0 Å². The predicted octanol–water partition coefficient (Wildman–Crippen LogP) is 4.24. The van der Waals surface area contributed by atoms with Gasteiger partial charge in [0.1, 0.15) is 0 Å². The van der Waals surface area contributed by atoms with Crippen LogP contribution in [0.15, 0.2) is 0 Å². The number of rotatable bonds is 10. The maximum atomic E-state index is 10.9. The number of unbranched alkanes of at least 4 members (excludes halogenated alkanes) is 5. The Hall–Kier alpha value is -0.530. The van der Waals surface area contributed by atoms with Crippen LogP contribution in [0.2, 0.25) is 0 Å². The predicted molar refractivity (Wildman–Crippen MR) is 64.0 cm³/mol. The highest BCUT2D eigenvalue weighted by molar-refractivity contribution is 5.69. The van der Waals surface area contributed by atoms with Crippen LogP contribution in [0.5, 0.6) is 0 Å². The van der Waals surface area contributed by atoms with E-state index in [1.807, 2.05) is 0 Å². The average molecular weight is 214 g/mol. The highest BCUT2D eigenvalue weighted by Gasteiger charge is 2.14. The quantitative estimate of drug-likeness (QED) is 0.552. The molecule has 0 aromatic heterocycles. The summed E-state index contributed by atoms with van der Waals surface area (Å²) in [6.45, 7) is 4.26. The number of aliphatic carboxylic acids is 1. The first kappa shape index (κ1) is 14.5. The average Bonchev–Trinajstić information content (AvgIpc) is 2.21. The molecule has 15 heavy (non-hydrogen) atoms. The molecule has 0 bridgehead atoms. The van der Waals surface area contributed by atoms with E-state index < -0.39 is 5.97 Å². The van der Waals surface area contributed by atoms with Crippen molar-refractivity contribution >= 4 is 5.97 Å². The van der Waals surface area contributed by atoms with Crippen molar-refractivity contribution in [1.29, 1.82) is 0 Å². The molecule has 2 nitrogen and oxygen atoms in total. The molecular weight excluding hydrogens is 188 g/mol. The van der Waals surface area contributed by atoms with E-state index in [-0.39, 0.29) is 5.92 Å². The lowest BCUT2D eigenvalue weighted by Crippen LogP contribution is -2.13. The topological polar surface area (TPSA) is 37.3 Å². The molecule has 0 fully saturated rings. The van der Waals surface area contributed by atoms with E-state index in [1.54, 1.807) is 0 Å². The monoisotopic (exact) mass is 214 g/mol. The van der Waals surface area contributed by atoms with E-state index in [9.17, 15) is 4.79 Å². The molecule has 1 atom stereocenters. The van der Waals surface area contributed by atoms with Crippen molar-refractivity contribution in [2.45, 2.75) is 71.6 Å². The zero-order valence-electron chi connectivity index (χ0n) is 10.3. The van der Waals surface area contributed by atoms with E-state index in [0.29, 0.717) is 0 Å². The molecule has 0 amide bonds. The Kier molecular flexibility index (Phi) is 9.65. The Morgan fingerprint density at radius 1 is 0.933 bits per heavy atom. The summed E-state index contributed by atoms with van der Waals surface area (Å²) in [7, 11) is 0. The van der Waals surface area contributed by atoms with Gasteiger partial charge < -0.3 is 5.11 Å². The van der Waals surface area contributed by atoms with Crippen LogP contribution in [0, 0.1) is 5.92 Å².